The van der Waals surface area contributed by atoms with Gasteiger partial charge in [-0.1, -0.05) is 6.07 Å². The minimum absolute atomic E-state index is 0.130. The van der Waals surface area contributed by atoms with Gasteiger partial charge in [0.05, 0.1) is 36.8 Å². The van der Waals surface area contributed by atoms with Crippen molar-refractivity contribution >= 4 is 33.2 Å². The minimum Gasteiger partial charge on any atom is -0.497 e. The third-order valence-corrected chi connectivity index (χ3v) is 6.60. The van der Waals surface area contributed by atoms with Crippen molar-refractivity contribution in [2.75, 3.05) is 29.6 Å². The Bertz CT molecular complexity index is 1080. The van der Waals surface area contributed by atoms with Crippen LogP contribution >= 0.6 is 0 Å². The quantitative estimate of drug-likeness (QED) is 0.801. The fraction of sp³-hybridized carbons (Fsp3) is 0.300. The van der Waals surface area contributed by atoms with Gasteiger partial charge in [0.25, 0.3) is 5.91 Å². The van der Waals surface area contributed by atoms with Crippen LogP contribution in [0.1, 0.15) is 24.2 Å². The van der Waals surface area contributed by atoms with E-state index in [0.29, 0.717) is 17.2 Å². The van der Waals surface area contributed by atoms with Crippen LogP contribution < -0.4 is 19.1 Å². The molecule has 3 rings (SSSR count). The lowest BCUT2D eigenvalue weighted by atomic mass is 9.95. The Balaban J connectivity index is 1.93. The fourth-order valence-electron chi connectivity index (χ4n) is 3.14. The van der Waals surface area contributed by atoms with Crippen molar-refractivity contribution < 1.29 is 27.5 Å². The third kappa shape index (κ3) is 3.91. The zero-order chi connectivity index (χ0) is 21.4. The van der Waals surface area contributed by atoms with Crippen LogP contribution in [0.5, 0.6) is 11.5 Å². The van der Waals surface area contributed by atoms with Gasteiger partial charge in [0.15, 0.2) is 0 Å². The number of methoxy groups -OCH3 is 2. The van der Waals surface area contributed by atoms with Crippen molar-refractivity contribution in [3.05, 3.63) is 48.0 Å². The van der Waals surface area contributed by atoms with Gasteiger partial charge >= 0.3 is 0 Å². The topological polar surface area (TPSA) is 102 Å². The maximum Gasteiger partial charge on any atom is 0.255 e. The summed E-state index contributed by atoms with van der Waals surface area (Å²) >= 11 is 0. The first-order chi connectivity index (χ1) is 13.6. The highest BCUT2D eigenvalue weighted by Gasteiger charge is 2.49. The zero-order valence-corrected chi connectivity index (χ0v) is 17.4. The highest BCUT2D eigenvalue weighted by Crippen LogP contribution is 2.36. The fourth-order valence-corrected chi connectivity index (χ4v) is 5.24. The number of hydrogen-bond donors (Lipinski definition) is 1. The average Bonchev–Trinajstić information content (AvgIpc) is 2.84. The number of carbonyl (C=O) groups is 2. The van der Waals surface area contributed by atoms with E-state index in [-0.39, 0.29) is 17.0 Å². The van der Waals surface area contributed by atoms with Crippen molar-refractivity contribution in [1.82, 2.24) is 0 Å². The largest absolute Gasteiger partial charge is 0.497 e. The number of rotatable bonds is 5. The molecule has 1 aliphatic heterocycles. The first-order valence-electron chi connectivity index (χ1n) is 8.80. The predicted octanol–water partition coefficient (Wildman–Crippen LogP) is 2.66. The molecule has 0 aromatic heterocycles. The van der Waals surface area contributed by atoms with E-state index in [1.165, 1.54) is 38.5 Å². The molecule has 1 aliphatic rings. The molecule has 154 valence electrons. The Hall–Kier alpha value is -3.07. The summed E-state index contributed by atoms with van der Waals surface area (Å²) in [6, 6.07) is 10.9. The number of benzene rings is 2. The number of sulfonamides is 1. The average molecular weight is 418 g/mol. The molecule has 2 aromatic rings. The summed E-state index contributed by atoms with van der Waals surface area (Å²) in [6.45, 7) is 3.16. The van der Waals surface area contributed by atoms with E-state index in [9.17, 15) is 18.0 Å². The SMILES string of the molecule is COc1ccc(OC)c(NC(=O)c2cccc(N3C(=O)C(C)(C)CS3(=O)=O)c2)c1. The second kappa shape index (κ2) is 7.40. The second-order valence-electron chi connectivity index (χ2n) is 7.28. The molecule has 9 heteroatoms. The van der Waals surface area contributed by atoms with Crippen LogP contribution in [-0.2, 0) is 14.8 Å². The molecular formula is C20H22N2O6S. The summed E-state index contributed by atoms with van der Waals surface area (Å²) in [6.07, 6.45) is 0. The lowest BCUT2D eigenvalue weighted by Crippen LogP contribution is -2.33. The van der Waals surface area contributed by atoms with E-state index < -0.39 is 27.3 Å². The van der Waals surface area contributed by atoms with Gasteiger partial charge in [-0.2, -0.15) is 0 Å². The second-order valence-corrected chi connectivity index (χ2v) is 9.10. The molecule has 0 bridgehead atoms. The van der Waals surface area contributed by atoms with E-state index in [0.717, 1.165) is 4.31 Å². The number of nitrogens with one attached hydrogen (secondary N) is 1. The van der Waals surface area contributed by atoms with Gasteiger partial charge < -0.3 is 14.8 Å². The van der Waals surface area contributed by atoms with Crippen molar-refractivity contribution in [1.29, 1.82) is 0 Å². The van der Waals surface area contributed by atoms with Crippen molar-refractivity contribution in [3.8, 4) is 11.5 Å². The van der Waals surface area contributed by atoms with E-state index in [4.69, 9.17) is 9.47 Å². The summed E-state index contributed by atoms with van der Waals surface area (Å²) in [7, 11) is -0.821. The first-order valence-corrected chi connectivity index (χ1v) is 10.4. The summed E-state index contributed by atoms with van der Waals surface area (Å²) in [5, 5.41) is 2.72. The molecule has 1 N–H and O–H groups in total. The van der Waals surface area contributed by atoms with Crippen molar-refractivity contribution in [3.63, 3.8) is 0 Å². The molecule has 1 fully saturated rings. The lowest BCUT2D eigenvalue weighted by molar-refractivity contribution is -0.123. The summed E-state index contributed by atoms with van der Waals surface area (Å²) < 4.78 is 36.2. The van der Waals surface area contributed by atoms with Crippen LogP contribution in [0, 0.1) is 5.41 Å². The Labute approximate surface area is 169 Å². The van der Waals surface area contributed by atoms with Crippen LogP contribution in [0.25, 0.3) is 0 Å². The Kier molecular flexibility index (Phi) is 5.27. The standard InChI is InChI=1S/C20H22N2O6S/c1-20(2)12-29(25,26)22(19(20)24)14-7-5-6-13(10-14)18(23)21-16-11-15(27-3)8-9-17(16)28-4/h5-11H,12H2,1-4H3,(H,21,23). The van der Waals surface area contributed by atoms with Gasteiger partial charge in [0, 0.05) is 11.6 Å². The number of anilines is 2. The number of amides is 2. The predicted molar refractivity (Wildman–Crippen MR) is 109 cm³/mol. The Morgan fingerprint density at radius 1 is 1.10 bits per heavy atom. The molecule has 1 heterocycles. The molecule has 2 aromatic carbocycles. The molecule has 0 unspecified atom stereocenters. The van der Waals surface area contributed by atoms with Gasteiger partial charge in [-0.15, -0.1) is 0 Å². The van der Waals surface area contributed by atoms with Gasteiger partial charge in [-0.25, -0.2) is 12.7 Å². The van der Waals surface area contributed by atoms with Gasteiger partial charge in [0.2, 0.25) is 15.9 Å². The van der Waals surface area contributed by atoms with Crippen LogP contribution in [0.3, 0.4) is 0 Å². The zero-order valence-electron chi connectivity index (χ0n) is 16.6. The summed E-state index contributed by atoms with van der Waals surface area (Å²) in [5.74, 6) is -0.317. The highest BCUT2D eigenvalue weighted by atomic mass is 32.2. The number of hydrogen-bond acceptors (Lipinski definition) is 6. The first kappa shape index (κ1) is 20.7. The normalized spacial score (nSPS) is 17.1. The van der Waals surface area contributed by atoms with Crippen molar-refractivity contribution in [2.24, 2.45) is 5.41 Å². The molecule has 8 nitrogen and oxygen atoms in total. The van der Waals surface area contributed by atoms with Gasteiger partial charge in [-0.3, -0.25) is 9.59 Å². The number of nitrogens with zero attached hydrogens (tertiary/aromatic N) is 1. The monoisotopic (exact) mass is 418 g/mol. The molecule has 0 radical (unpaired) electrons. The Morgan fingerprint density at radius 2 is 1.83 bits per heavy atom. The van der Waals surface area contributed by atoms with Gasteiger partial charge in [0.1, 0.15) is 11.5 Å². The summed E-state index contributed by atoms with van der Waals surface area (Å²) in [4.78, 5) is 25.3. The lowest BCUT2D eigenvalue weighted by Gasteiger charge is -2.18. The van der Waals surface area contributed by atoms with Crippen LogP contribution in [0.2, 0.25) is 0 Å². The molecule has 29 heavy (non-hydrogen) atoms. The molecular weight excluding hydrogens is 396 g/mol. The molecule has 0 atom stereocenters. The summed E-state index contributed by atoms with van der Waals surface area (Å²) in [5.41, 5.74) is -0.301. The van der Waals surface area contributed by atoms with E-state index >= 15 is 0 Å². The van der Waals surface area contributed by atoms with E-state index in [1.807, 2.05) is 0 Å². The van der Waals surface area contributed by atoms with Crippen LogP contribution in [-0.4, -0.2) is 40.2 Å². The maximum atomic E-state index is 12.8. The smallest absolute Gasteiger partial charge is 0.255 e. The van der Waals surface area contributed by atoms with Crippen LogP contribution in [0.15, 0.2) is 42.5 Å². The number of ether oxygens (including phenoxy) is 2. The Morgan fingerprint density at radius 3 is 2.41 bits per heavy atom. The molecule has 0 aliphatic carbocycles. The highest BCUT2D eigenvalue weighted by molar-refractivity contribution is 7.94. The molecule has 1 saturated heterocycles. The molecule has 0 spiro atoms. The van der Waals surface area contributed by atoms with Crippen molar-refractivity contribution in [2.45, 2.75) is 13.8 Å². The van der Waals surface area contributed by atoms with Gasteiger partial charge in [-0.05, 0) is 44.2 Å². The third-order valence-electron chi connectivity index (χ3n) is 4.58. The molecule has 0 saturated carbocycles. The van der Waals surface area contributed by atoms with Crippen LogP contribution in [0.4, 0.5) is 11.4 Å². The number of carbonyl (C=O) groups excluding carboxylic acids is 2. The van der Waals surface area contributed by atoms with E-state index in [1.54, 1.807) is 32.0 Å². The molecule has 2 amide bonds. The maximum absolute atomic E-state index is 12.8. The van der Waals surface area contributed by atoms with E-state index in [2.05, 4.69) is 5.32 Å². The minimum atomic E-state index is -3.80.